The van der Waals surface area contributed by atoms with E-state index in [0.29, 0.717) is 6.61 Å². The summed E-state index contributed by atoms with van der Waals surface area (Å²) in [5.41, 5.74) is 0.738. The number of hydrogen-bond acceptors (Lipinski definition) is 3. The zero-order chi connectivity index (χ0) is 10.7. The molecule has 0 atom stereocenters. The Bertz CT molecular complexity index is 455. The summed E-state index contributed by atoms with van der Waals surface area (Å²) in [5.74, 6) is -0.204. The average molecular weight is 207 g/mol. The van der Waals surface area contributed by atoms with Crippen molar-refractivity contribution in [3.05, 3.63) is 42.1 Å². The fourth-order valence-electron chi connectivity index (χ4n) is 1.25. The molecule has 0 spiro atoms. The first-order valence-electron chi connectivity index (χ1n) is 4.45. The zero-order valence-electron chi connectivity index (χ0n) is 8.22. The van der Waals surface area contributed by atoms with Gasteiger partial charge in [-0.25, -0.2) is 14.1 Å². The van der Waals surface area contributed by atoms with E-state index in [9.17, 15) is 4.39 Å². The fraction of sp³-hybridized carbons (Fsp3) is 0.200. The Labute approximate surface area is 86.3 Å². The summed E-state index contributed by atoms with van der Waals surface area (Å²) in [7, 11) is 1.58. The van der Waals surface area contributed by atoms with Crippen LogP contribution in [0.1, 0.15) is 5.69 Å². The third-order valence-corrected chi connectivity index (χ3v) is 1.89. The molecule has 0 radical (unpaired) electrons. The van der Waals surface area contributed by atoms with E-state index < -0.39 is 5.82 Å². The first-order valence-corrected chi connectivity index (χ1v) is 4.45. The molecule has 2 heterocycles. The number of halogens is 1. The van der Waals surface area contributed by atoms with Gasteiger partial charge in [-0.2, -0.15) is 5.10 Å². The van der Waals surface area contributed by atoms with E-state index in [0.717, 1.165) is 5.69 Å². The Balaban J connectivity index is 2.33. The van der Waals surface area contributed by atoms with Crippen LogP contribution >= 0.6 is 0 Å². The van der Waals surface area contributed by atoms with Crippen molar-refractivity contribution >= 4 is 0 Å². The number of rotatable bonds is 3. The smallest absolute Gasteiger partial charge is 0.189 e. The highest BCUT2D eigenvalue weighted by Crippen LogP contribution is 2.09. The molecule has 0 N–H and O–H groups in total. The molecule has 0 aliphatic rings. The minimum Gasteiger partial charge on any atom is -0.378 e. The Morgan fingerprint density at radius 1 is 1.47 bits per heavy atom. The SMILES string of the molecule is COCc1ccn(-c2ncccc2F)n1. The number of pyridine rings is 1. The number of ether oxygens (including phenoxy) is 1. The predicted molar refractivity (Wildman–Crippen MR) is 52.0 cm³/mol. The molecule has 0 aliphatic heterocycles. The lowest BCUT2D eigenvalue weighted by molar-refractivity contribution is 0.181. The van der Waals surface area contributed by atoms with Crippen LogP contribution in [0.3, 0.4) is 0 Å². The van der Waals surface area contributed by atoms with Crippen molar-refractivity contribution in [2.75, 3.05) is 7.11 Å². The third kappa shape index (κ3) is 2.02. The predicted octanol–water partition coefficient (Wildman–Crippen LogP) is 1.55. The molecular weight excluding hydrogens is 197 g/mol. The molecule has 0 aromatic carbocycles. The summed E-state index contributed by atoms with van der Waals surface area (Å²) in [6, 6.07) is 4.65. The molecule has 15 heavy (non-hydrogen) atoms. The molecule has 0 unspecified atom stereocenters. The van der Waals surface area contributed by atoms with Gasteiger partial charge >= 0.3 is 0 Å². The Hall–Kier alpha value is -1.75. The van der Waals surface area contributed by atoms with Crippen LogP contribution in [0.15, 0.2) is 30.6 Å². The first kappa shape index (κ1) is 9.79. The quantitative estimate of drug-likeness (QED) is 0.766. The first-order chi connectivity index (χ1) is 7.31. The van der Waals surface area contributed by atoms with Crippen molar-refractivity contribution in [3.8, 4) is 5.82 Å². The second-order valence-electron chi connectivity index (χ2n) is 2.99. The average Bonchev–Trinajstić information content (AvgIpc) is 2.68. The van der Waals surface area contributed by atoms with Gasteiger partial charge in [-0.05, 0) is 18.2 Å². The van der Waals surface area contributed by atoms with E-state index in [1.165, 1.54) is 16.9 Å². The summed E-state index contributed by atoms with van der Waals surface area (Å²) in [6.45, 7) is 0.404. The minimum absolute atomic E-state index is 0.194. The van der Waals surface area contributed by atoms with Crippen molar-refractivity contribution in [2.24, 2.45) is 0 Å². The van der Waals surface area contributed by atoms with Crippen molar-refractivity contribution in [1.82, 2.24) is 14.8 Å². The van der Waals surface area contributed by atoms with E-state index in [1.807, 2.05) is 0 Å². The van der Waals surface area contributed by atoms with Crippen LogP contribution in [0.4, 0.5) is 4.39 Å². The third-order valence-electron chi connectivity index (χ3n) is 1.89. The van der Waals surface area contributed by atoms with Crippen molar-refractivity contribution in [2.45, 2.75) is 6.61 Å². The summed E-state index contributed by atoms with van der Waals surface area (Å²) in [5, 5.41) is 4.12. The molecule has 0 bridgehead atoms. The molecule has 5 heteroatoms. The van der Waals surface area contributed by atoms with E-state index in [2.05, 4.69) is 10.1 Å². The molecule has 2 aromatic rings. The fourth-order valence-corrected chi connectivity index (χ4v) is 1.25. The molecule has 0 amide bonds. The maximum absolute atomic E-state index is 13.3. The molecule has 4 nitrogen and oxygen atoms in total. The van der Waals surface area contributed by atoms with E-state index in [1.54, 1.807) is 25.4 Å². The minimum atomic E-state index is -0.399. The van der Waals surface area contributed by atoms with Gasteiger partial charge in [0, 0.05) is 19.5 Å². The molecule has 78 valence electrons. The molecule has 2 rings (SSSR count). The maximum Gasteiger partial charge on any atom is 0.189 e. The van der Waals surface area contributed by atoms with Crippen molar-refractivity contribution in [1.29, 1.82) is 0 Å². The summed E-state index contributed by atoms with van der Waals surface area (Å²) in [6.07, 6.45) is 3.18. The number of hydrogen-bond donors (Lipinski definition) is 0. The Kier molecular flexibility index (Phi) is 2.73. The van der Waals surface area contributed by atoms with E-state index >= 15 is 0 Å². The molecule has 0 aliphatic carbocycles. The second kappa shape index (κ2) is 4.18. The lowest BCUT2D eigenvalue weighted by Crippen LogP contribution is -2.02. The summed E-state index contributed by atoms with van der Waals surface area (Å²) < 4.78 is 19.6. The maximum atomic E-state index is 13.3. The van der Waals surface area contributed by atoms with Gasteiger partial charge in [-0.1, -0.05) is 0 Å². The van der Waals surface area contributed by atoms with Gasteiger partial charge < -0.3 is 4.74 Å². The van der Waals surface area contributed by atoms with Gasteiger partial charge in [0.2, 0.25) is 0 Å². The van der Waals surface area contributed by atoms with Crippen LogP contribution in [-0.4, -0.2) is 21.9 Å². The van der Waals surface area contributed by atoms with Gasteiger partial charge in [0.05, 0.1) is 12.3 Å². The second-order valence-corrected chi connectivity index (χ2v) is 2.99. The summed E-state index contributed by atoms with van der Waals surface area (Å²) >= 11 is 0. The normalized spacial score (nSPS) is 10.5. The monoisotopic (exact) mass is 207 g/mol. The highest BCUT2D eigenvalue weighted by atomic mass is 19.1. The van der Waals surface area contributed by atoms with E-state index in [-0.39, 0.29) is 5.82 Å². The highest BCUT2D eigenvalue weighted by Gasteiger charge is 2.06. The van der Waals surface area contributed by atoms with Gasteiger partial charge in [0.15, 0.2) is 11.6 Å². The Morgan fingerprint density at radius 2 is 2.33 bits per heavy atom. The van der Waals surface area contributed by atoms with Gasteiger partial charge in [-0.15, -0.1) is 0 Å². The van der Waals surface area contributed by atoms with Gasteiger partial charge in [0.25, 0.3) is 0 Å². The molecule has 0 saturated carbocycles. The van der Waals surface area contributed by atoms with Crippen LogP contribution in [0.2, 0.25) is 0 Å². The lowest BCUT2D eigenvalue weighted by atomic mass is 10.4. The topological polar surface area (TPSA) is 39.9 Å². The van der Waals surface area contributed by atoms with Crippen LogP contribution in [0.5, 0.6) is 0 Å². The standard InChI is InChI=1S/C10H10FN3O/c1-15-7-8-4-6-14(13-8)10-9(11)3-2-5-12-10/h2-6H,7H2,1H3. The Morgan fingerprint density at radius 3 is 3.07 bits per heavy atom. The molecular formula is C10H10FN3O. The van der Waals surface area contributed by atoms with E-state index in [4.69, 9.17) is 4.74 Å². The lowest BCUT2D eigenvalue weighted by Gasteiger charge is -2.00. The van der Waals surface area contributed by atoms with Gasteiger partial charge in [-0.3, -0.25) is 0 Å². The summed E-state index contributed by atoms with van der Waals surface area (Å²) in [4.78, 5) is 3.91. The number of methoxy groups -OCH3 is 1. The number of nitrogens with zero attached hydrogens (tertiary/aromatic N) is 3. The van der Waals surface area contributed by atoms with Gasteiger partial charge in [0.1, 0.15) is 0 Å². The number of aromatic nitrogens is 3. The zero-order valence-corrected chi connectivity index (χ0v) is 8.22. The van der Waals surface area contributed by atoms with Crippen LogP contribution in [0.25, 0.3) is 5.82 Å². The van der Waals surface area contributed by atoms with Crippen molar-refractivity contribution < 1.29 is 9.13 Å². The highest BCUT2D eigenvalue weighted by molar-refractivity contribution is 5.23. The van der Waals surface area contributed by atoms with Crippen LogP contribution in [0, 0.1) is 5.82 Å². The molecule has 0 fully saturated rings. The largest absolute Gasteiger partial charge is 0.378 e. The molecule has 0 saturated heterocycles. The van der Waals surface area contributed by atoms with Crippen LogP contribution < -0.4 is 0 Å². The van der Waals surface area contributed by atoms with Crippen molar-refractivity contribution in [3.63, 3.8) is 0 Å². The van der Waals surface area contributed by atoms with Crippen LogP contribution in [-0.2, 0) is 11.3 Å². The molecule has 2 aromatic heterocycles.